The first-order valence-corrected chi connectivity index (χ1v) is 9.98. The van der Waals surface area contributed by atoms with Gasteiger partial charge in [0.1, 0.15) is 5.82 Å². The van der Waals surface area contributed by atoms with E-state index in [1.165, 1.54) is 23.9 Å². The molecule has 0 spiro atoms. The first kappa shape index (κ1) is 18.9. The maximum atomic E-state index is 13.2. The molecule has 0 atom stereocenters. The molecule has 0 N–H and O–H groups in total. The number of halogens is 1. The van der Waals surface area contributed by atoms with Gasteiger partial charge in [0.15, 0.2) is 5.16 Å². The first-order valence-electron chi connectivity index (χ1n) is 9.00. The second kappa shape index (κ2) is 8.29. The average Bonchev–Trinajstić information content (AvgIpc) is 2.76. The zero-order valence-corrected chi connectivity index (χ0v) is 16.2. The molecule has 1 heterocycles. The zero-order chi connectivity index (χ0) is 20.2. The number of rotatable bonds is 5. The normalized spacial score (nSPS) is 10.8. The van der Waals surface area contributed by atoms with Crippen molar-refractivity contribution in [3.05, 3.63) is 106 Å². The number of nitriles is 1. The van der Waals surface area contributed by atoms with Crippen LogP contribution >= 0.6 is 11.8 Å². The summed E-state index contributed by atoms with van der Waals surface area (Å²) in [4.78, 5) is 17.8. The number of benzene rings is 3. The van der Waals surface area contributed by atoms with E-state index >= 15 is 0 Å². The number of para-hydroxylation sites is 1. The van der Waals surface area contributed by atoms with Crippen LogP contribution < -0.4 is 5.56 Å². The lowest BCUT2D eigenvalue weighted by molar-refractivity contribution is 0.622. The molecule has 0 saturated carbocycles. The van der Waals surface area contributed by atoms with Crippen LogP contribution in [-0.2, 0) is 12.3 Å². The predicted molar refractivity (Wildman–Crippen MR) is 112 cm³/mol. The fourth-order valence-electron chi connectivity index (χ4n) is 2.99. The molecule has 0 radical (unpaired) electrons. The Balaban J connectivity index is 1.71. The standard InChI is InChI=1S/C23H16FN3OS/c24-19-11-9-17(10-12-19)14-27-22(28)20-3-1-2-4-21(20)26-23(27)29-15-18-7-5-16(13-25)6-8-18/h1-12H,14-15H2. The van der Waals surface area contributed by atoms with Gasteiger partial charge in [-0.05, 0) is 47.5 Å². The minimum atomic E-state index is -0.312. The lowest BCUT2D eigenvalue weighted by atomic mass is 10.2. The molecule has 0 amide bonds. The SMILES string of the molecule is N#Cc1ccc(CSc2nc3ccccc3c(=O)n2Cc2ccc(F)cc2)cc1. The van der Waals surface area contributed by atoms with E-state index in [-0.39, 0.29) is 11.4 Å². The van der Waals surface area contributed by atoms with E-state index in [0.29, 0.717) is 33.9 Å². The van der Waals surface area contributed by atoms with Gasteiger partial charge in [0.25, 0.3) is 5.56 Å². The summed E-state index contributed by atoms with van der Waals surface area (Å²) in [6, 6.07) is 22.8. The molecule has 0 aliphatic heterocycles. The third-order valence-electron chi connectivity index (χ3n) is 4.53. The van der Waals surface area contributed by atoms with Crippen molar-refractivity contribution in [2.24, 2.45) is 0 Å². The van der Waals surface area contributed by atoms with Crippen LogP contribution in [0.5, 0.6) is 0 Å². The van der Waals surface area contributed by atoms with Gasteiger partial charge in [-0.3, -0.25) is 9.36 Å². The minimum absolute atomic E-state index is 0.123. The van der Waals surface area contributed by atoms with E-state index < -0.39 is 0 Å². The van der Waals surface area contributed by atoms with Crippen molar-refractivity contribution in [3.63, 3.8) is 0 Å². The van der Waals surface area contributed by atoms with E-state index in [1.54, 1.807) is 34.9 Å². The van der Waals surface area contributed by atoms with Crippen molar-refractivity contribution in [1.82, 2.24) is 9.55 Å². The number of aromatic nitrogens is 2. The van der Waals surface area contributed by atoms with Gasteiger partial charge in [-0.15, -0.1) is 0 Å². The molecular formula is C23H16FN3OS. The smallest absolute Gasteiger partial charge is 0.262 e. The van der Waals surface area contributed by atoms with Crippen molar-refractivity contribution in [3.8, 4) is 6.07 Å². The van der Waals surface area contributed by atoms with Crippen molar-refractivity contribution >= 4 is 22.7 Å². The lowest BCUT2D eigenvalue weighted by Crippen LogP contribution is -2.24. The van der Waals surface area contributed by atoms with Gasteiger partial charge in [-0.2, -0.15) is 5.26 Å². The summed E-state index contributed by atoms with van der Waals surface area (Å²) >= 11 is 1.46. The summed E-state index contributed by atoms with van der Waals surface area (Å²) in [6.45, 7) is 0.312. The molecule has 0 unspecified atom stereocenters. The maximum Gasteiger partial charge on any atom is 0.262 e. The van der Waals surface area contributed by atoms with E-state index in [1.807, 2.05) is 30.3 Å². The third-order valence-corrected chi connectivity index (χ3v) is 5.58. The molecule has 1 aromatic heterocycles. The van der Waals surface area contributed by atoms with Crippen LogP contribution in [0.1, 0.15) is 16.7 Å². The molecule has 4 aromatic rings. The average molecular weight is 401 g/mol. The van der Waals surface area contributed by atoms with Crippen LogP contribution in [0.15, 0.2) is 82.7 Å². The second-order valence-electron chi connectivity index (χ2n) is 6.53. The van der Waals surface area contributed by atoms with E-state index in [9.17, 15) is 9.18 Å². The summed E-state index contributed by atoms with van der Waals surface area (Å²) in [5, 5.41) is 10.1. The van der Waals surface area contributed by atoms with Crippen LogP contribution in [0, 0.1) is 17.1 Å². The Hall–Kier alpha value is -3.43. The van der Waals surface area contributed by atoms with Crippen molar-refractivity contribution < 1.29 is 4.39 Å². The minimum Gasteiger partial charge on any atom is -0.283 e. The highest BCUT2D eigenvalue weighted by atomic mass is 32.2. The Morgan fingerprint density at radius 1 is 0.966 bits per heavy atom. The zero-order valence-electron chi connectivity index (χ0n) is 15.4. The molecule has 0 fully saturated rings. The Morgan fingerprint density at radius 2 is 1.66 bits per heavy atom. The van der Waals surface area contributed by atoms with E-state index in [0.717, 1.165) is 11.1 Å². The number of thioether (sulfide) groups is 1. The van der Waals surface area contributed by atoms with Gasteiger partial charge < -0.3 is 0 Å². The second-order valence-corrected chi connectivity index (χ2v) is 7.47. The summed E-state index contributed by atoms with van der Waals surface area (Å²) < 4.78 is 14.9. The molecule has 3 aromatic carbocycles. The molecular weight excluding hydrogens is 385 g/mol. The molecule has 6 heteroatoms. The van der Waals surface area contributed by atoms with Gasteiger partial charge in [0, 0.05) is 5.75 Å². The van der Waals surface area contributed by atoms with Gasteiger partial charge in [0.2, 0.25) is 0 Å². The van der Waals surface area contributed by atoms with Crippen molar-refractivity contribution in [2.45, 2.75) is 17.5 Å². The van der Waals surface area contributed by atoms with Crippen LogP contribution in [0.25, 0.3) is 10.9 Å². The highest BCUT2D eigenvalue weighted by Gasteiger charge is 2.12. The summed E-state index contributed by atoms with van der Waals surface area (Å²) in [6.07, 6.45) is 0. The Morgan fingerprint density at radius 3 is 2.38 bits per heavy atom. The van der Waals surface area contributed by atoms with E-state index in [4.69, 9.17) is 10.2 Å². The number of fused-ring (bicyclic) bond motifs is 1. The largest absolute Gasteiger partial charge is 0.283 e. The van der Waals surface area contributed by atoms with Gasteiger partial charge in [-0.25, -0.2) is 9.37 Å². The van der Waals surface area contributed by atoms with Gasteiger partial charge >= 0.3 is 0 Å². The number of hydrogen-bond donors (Lipinski definition) is 0. The Labute approximate surface area is 171 Å². The first-order chi connectivity index (χ1) is 14.1. The van der Waals surface area contributed by atoms with Crippen LogP contribution in [0.2, 0.25) is 0 Å². The molecule has 4 nitrogen and oxygen atoms in total. The molecule has 29 heavy (non-hydrogen) atoms. The molecule has 0 saturated heterocycles. The summed E-state index contributed by atoms with van der Waals surface area (Å²) in [5.41, 5.74) is 2.99. The highest BCUT2D eigenvalue weighted by molar-refractivity contribution is 7.98. The van der Waals surface area contributed by atoms with Crippen LogP contribution in [0.3, 0.4) is 0 Å². The Kier molecular flexibility index (Phi) is 5.41. The number of nitrogens with zero attached hydrogens (tertiary/aromatic N) is 3. The highest BCUT2D eigenvalue weighted by Crippen LogP contribution is 2.23. The fraction of sp³-hybridized carbons (Fsp3) is 0.0870. The van der Waals surface area contributed by atoms with E-state index in [2.05, 4.69) is 6.07 Å². The molecule has 142 valence electrons. The molecule has 0 aliphatic rings. The van der Waals surface area contributed by atoms with Crippen LogP contribution in [0.4, 0.5) is 4.39 Å². The lowest BCUT2D eigenvalue weighted by Gasteiger charge is -2.13. The van der Waals surface area contributed by atoms with Crippen molar-refractivity contribution in [2.75, 3.05) is 0 Å². The molecule has 0 aliphatic carbocycles. The molecule has 4 rings (SSSR count). The number of hydrogen-bond acceptors (Lipinski definition) is 4. The monoisotopic (exact) mass is 401 g/mol. The summed E-state index contributed by atoms with van der Waals surface area (Å²) in [5.74, 6) is 0.299. The third kappa shape index (κ3) is 4.20. The van der Waals surface area contributed by atoms with Crippen molar-refractivity contribution in [1.29, 1.82) is 5.26 Å². The van der Waals surface area contributed by atoms with Gasteiger partial charge in [0.05, 0.1) is 29.1 Å². The Bertz CT molecular complexity index is 1260. The summed E-state index contributed by atoms with van der Waals surface area (Å²) in [7, 11) is 0. The predicted octanol–water partition coefficient (Wildman–Crippen LogP) is 4.75. The quantitative estimate of drug-likeness (QED) is 0.358. The topological polar surface area (TPSA) is 58.7 Å². The van der Waals surface area contributed by atoms with Crippen LogP contribution in [-0.4, -0.2) is 9.55 Å². The maximum absolute atomic E-state index is 13.2. The fourth-order valence-corrected chi connectivity index (χ4v) is 3.95. The molecule has 0 bridgehead atoms. The van der Waals surface area contributed by atoms with Gasteiger partial charge in [-0.1, -0.05) is 48.2 Å².